The zero-order valence-corrected chi connectivity index (χ0v) is 18.7. The third kappa shape index (κ3) is 2.98. The number of benzene rings is 2. The molecule has 8 heteroatoms. The molecular formula is C26H22N8. The van der Waals surface area contributed by atoms with Crippen molar-refractivity contribution in [3.8, 4) is 28.6 Å². The van der Waals surface area contributed by atoms with Crippen molar-refractivity contribution in [1.29, 1.82) is 5.26 Å². The van der Waals surface area contributed by atoms with Crippen molar-refractivity contribution >= 4 is 11.6 Å². The quantitative estimate of drug-likeness (QED) is 0.433. The minimum absolute atomic E-state index is 0.205. The number of nitriles is 1. The Kier molecular flexibility index (Phi) is 4.45. The van der Waals surface area contributed by atoms with E-state index in [9.17, 15) is 5.26 Å². The van der Waals surface area contributed by atoms with Gasteiger partial charge in [0.05, 0.1) is 34.0 Å². The van der Waals surface area contributed by atoms with Gasteiger partial charge in [0.2, 0.25) is 5.95 Å². The van der Waals surface area contributed by atoms with E-state index < -0.39 is 0 Å². The first kappa shape index (κ1) is 20.1. The fourth-order valence-corrected chi connectivity index (χ4v) is 4.66. The molecular weight excluding hydrogens is 424 g/mol. The van der Waals surface area contributed by atoms with Crippen LogP contribution in [-0.2, 0) is 12.0 Å². The number of fused-ring (bicyclic) bond motifs is 1. The first-order chi connectivity index (χ1) is 16.6. The van der Waals surface area contributed by atoms with Gasteiger partial charge in [-0.15, -0.1) is 5.10 Å². The summed E-state index contributed by atoms with van der Waals surface area (Å²) in [6, 6.07) is 21.9. The number of nitrogen functional groups attached to an aromatic ring is 1. The van der Waals surface area contributed by atoms with Gasteiger partial charge in [0, 0.05) is 18.3 Å². The van der Waals surface area contributed by atoms with Crippen LogP contribution in [0, 0.1) is 11.3 Å². The lowest BCUT2D eigenvalue weighted by molar-refractivity contribution is 0.667. The molecule has 0 spiro atoms. The smallest absolute Gasteiger partial charge is 0.223 e. The van der Waals surface area contributed by atoms with E-state index in [-0.39, 0.29) is 11.4 Å². The van der Waals surface area contributed by atoms with Crippen LogP contribution in [0.15, 0.2) is 66.9 Å². The summed E-state index contributed by atoms with van der Waals surface area (Å²) in [7, 11) is 0. The standard InChI is InChI=1S/C26H22N8/c1-2-33-20(11-14-29-33)21-22(18-8-6-7-17(15-18)16-27)30-25(28)34-23(21)31-24(32-34)26(12-13-26)19-9-4-3-5-10-19/h3-11,14-15H,2,12-13H2,1H3,(H2,28,30). The molecule has 5 aromatic rings. The maximum atomic E-state index is 9.44. The molecule has 0 saturated heterocycles. The molecule has 1 aliphatic rings. The number of nitrogens with two attached hydrogens (primary N) is 1. The van der Waals surface area contributed by atoms with Crippen LogP contribution >= 0.6 is 0 Å². The van der Waals surface area contributed by atoms with Crippen LogP contribution in [-0.4, -0.2) is 29.4 Å². The van der Waals surface area contributed by atoms with Gasteiger partial charge in [-0.1, -0.05) is 42.5 Å². The number of rotatable bonds is 5. The molecule has 0 bridgehead atoms. The normalized spacial score (nSPS) is 14.2. The molecule has 0 aliphatic heterocycles. The minimum atomic E-state index is -0.205. The van der Waals surface area contributed by atoms with E-state index in [0.717, 1.165) is 35.5 Å². The van der Waals surface area contributed by atoms with Crippen LogP contribution in [0.1, 0.15) is 36.7 Å². The van der Waals surface area contributed by atoms with E-state index in [0.29, 0.717) is 23.4 Å². The molecule has 3 heterocycles. The summed E-state index contributed by atoms with van der Waals surface area (Å²) in [4.78, 5) is 9.82. The summed E-state index contributed by atoms with van der Waals surface area (Å²) in [5.74, 6) is 1.00. The van der Waals surface area contributed by atoms with Crippen LogP contribution in [0.25, 0.3) is 28.2 Å². The van der Waals surface area contributed by atoms with Crippen LogP contribution in [0.3, 0.4) is 0 Å². The topological polar surface area (TPSA) is 111 Å². The Morgan fingerprint density at radius 3 is 2.62 bits per heavy atom. The highest BCUT2D eigenvalue weighted by molar-refractivity contribution is 5.89. The Hall–Kier alpha value is -4.51. The predicted molar refractivity (Wildman–Crippen MR) is 129 cm³/mol. The van der Waals surface area contributed by atoms with E-state index in [1.807, 2.05) is 54.1 Å². The lowest BCUT2D eigenvalue weighted by Gasteiger charge is -2.13. The first-order valence-electron chi connectivity index (χ1n) is 11.3. The maximum absolute atomic E-state index is 9.44. The zero-order valence-electron chi connectivity index (χ0n) is 18.7. The Morgan fingerprint density at radius 1 is 1.06 bits per heavy atom. The molecule has 6 rings (SSSR count). The minimum Gasteiger partial charge on any atom is -0.368 e. The Balaban J connectivity index is 1.65. The van der Waals surface area contributed by atoms with E-state index >= 15 is 0 Å². The van der Waals surface area contributed by atoms with Gasteiger partial charge in [0.15, 0.2) is 11.5 Å². The molecule has 34 heavy (non-hydrogen) atoms. The first-order valence-corrected chi connectivity index (χ1v) is 11.3. The fourth-order valence-electron chi connectivity index (χ4n) is 4.66. The van der Waals surface area contributed by atoms with Gasteiger partial charge >= 0.3 is 0 Å². The van der Waals surface area contributed by atoms with Crippen LogP contribution in [0.2, 0.25) is 0 Å². The number of aryl methyl sites for hydroxylation is 1. The summed E-state index contributed by atoms with van der Waals surface area (Å²) >= 11 is 0. The molecule has 166 valence electrons. The molecule has 0 amide bonds. The Labute approximate surface area is 196 Å². The zero-order chi connectivity index (χ0) is 23.3. The highest BCUT2D eigenvalue weighted by Crippen LogP contribution is 2.52. The summed E-state index contributed by atoms with van der Waals surface area (Å²) in [5.41, 5.74) is 11.7. The van der Waals surface area contributed by atoms with E-state index in [1.165, 1.54) is 5.56 Å². The number of nitrogens with zero attached hydrogens (tertiary/aromatic N) is 7. The van der Waals surface area contributed by atoms with Crippen molar-refractivity contribution < 1.29 is 0 Å². The number of hydrogen-bond donors (Lipinski definition) is 1. The maximum Gasteiger partial charge on any atom is 0.223 e. The third-order valence-electron chi connectivity index (χ3n) is 6.55. The predicted octanol–water partition coefficient (Wildman–Crippen LogP) is 4.21. The second-order valence-electron chi connectivity index (χ2n) is 8.54. The molecule has 1 saturated carbocycles. The molecule has 2 aromatic carbocycles. The van der Waals surface area contributed by atoms with Crippen molar-refractivity contribution in [3.63, 3.8) is 0 Å². The van der Waals surface area contributed by atoms with Gasteiger partial charge in [-0.25, -0.2) is 9.97 Å². The van der Waals surface area contributed by atoms with E-state index in [4.69, 9.17) is 20.8 Å². The van der Waals surface area contributed by atoms with Crippen LogP contribution in [0.4, 0.5) is 5.95 Å². The second kappa shape index (κ2) is 7.52. The van der Waals surface area contributed by atoms with Gasteiger partial charge in [-0.3, -0.25) is 4.68 Å². The molecule has 1 aliphatic carbocycles. The van der Waals surface area contributed by atoms with Crippen LogP contribution in [0.5, 0.6) is 0 Å². The monoisotopic (exact) mass is 446 g/mol. The summed E-state index contributed by atoms with van der Waals surface area (Å²) in [5, 5.41) is 18.8. The Bertz CT molecular complexity index is 1570. The number of aromatic nitrogens is 6. The molecule has 8 nitrogen and oxygen atoms in total. The lowest BCUT2D eigenvalue weighted by atomic mass is 9.95. The van der Waals surface area contributed by atoms with Gasteiger partial charge in [-0.05, 0) is 43.5 Å². The molecule has 0 atom stereocenters. The van der Waals surface area contributed by atoms with Crippen molar-refractivity contribution in [1.82, 2.24) is 29.4 Å². The lowest BCUT2D eigenvalue weighted by Crippen LogP contribution is -2.11. The molecule has 0 radical (unpaired) electrons. The van der Waals surface area contributed by atoms with Gasteiger partial charge < -0.3 is 5.73 Å². The average molecular weight is 447 g/mol. The van der Waals surface area contributed by atoms with Gasteiger partial charge in [0.25, 0.3) is 0 Å². The number of anilines is 1. The van der Waals surface area contributed by atoms with E-state index in [2.05, 4.69) is 23.3 Å². The molecule has 2 N–H and O–H groups in total. The van der Waals surface area contributed by atoms with E-state index in [1.54, 1.807) is 16.8 Å². The Morgan fingerprint density at radius 2 is 1.88 bits per heavy atom. The van der Waals surface area contributed by atoms with Crippen molar-refractivity contribution in [2.24, 2.45) is 0 Å². The molecule has 0 unspecified atom stereocenters. The summed E-state index contributed by atoms with van der Waals surface area (Å²) < 4.78 is 3.54. The highest BCUT2D eigenvalue weighted by atomic mass is 15.4. The number of hydrogen-bond acceptors (Lipinski definition) is 6. The van der Waals surface area contributed by atoms with Crippen molar-refractivity contribution in [2.45, 2.75) is 31.7 Å². The second-order valence-corrected chi connectivity index (χ2v) is 8.54. The van der Waals surface area contributed by atoms with Gasteiger partial charge in [-0.2, -0.15) is 14.9 Å². The largest absolute Gasteiger partial charge is 0.368 e. The summed E-state index contributed by atoms with van der Waals surface area (Å²) in [6.07, 6.45) is 3.74. The van der Waals surface area contributed by atoms with Crippen molar-refractivity contribution in [2.75, 3.05) is 5.73 Å². The van der Waals surface area contributed by atoms with Crippen LogP contribution < -0.4 is 5.73 Å². The average Bonchev–Trinajstić information content (AvgIpc) is 3.34. The molecule has 3 aromatic heterocycles. The fraction of sp³-hybridized carbons (Fsp3) is 0.192. The molecule has 1 fully saturated rings. The third-order valence-corrected chi connectivity index (χ3v) is 6.55. The summed E-state index contributed by atoms with van der Waals surface area (Å²) in [6.45, 7) is 2.73. The van der Waals surface area contributed by atoms with Gasteiger partial charge in [0.1, 0.15) is 0 Å². The SMILES string of the molecule is CCn1nccc1-c1c(-c2cccc(C#N)c2)nc(N)n2nc(C3(c4ccccc4)CC3)nc12. The van der Waals surface area contributed by atoms with Crippen molar-refractivity contribution in [3.05, 3.63) is 83.8 Å². The highest BCUT2D eigenvalue weighted by Gasteiger charge is 2.49.